The molecule has 1 aliphatic rings. The van der Waals surface area contributed by atoms with Gasteiger partial charge in [-0.3, -0.25) is 14.4 Å². The third-order valence-corrected chi connectivity index (χ3v) is 5.69. The zero-order valence-electron chi connectivity index (χ0n) is 19.5. The summed E-state index contributed by atoms with van der Waals surface area (Å²) in [5.74, 6) is -10.5. The van der Waals surface area contributed by atoms with Crippen molar-refractivity contribution < 1.29 is 58.5 Å². The van der Waals surface area contributed by atoms with E-state index in [1.165, 1.54) is 6.92 Å². The van der Waals surface area contributed by atoms with Crippen LogP contribution in [-0.4, -0.2) is 117 Å². The minimum atomic E-state index is -4.11. The number of halogens is 2. The fourth-order valence-corrected chi connectivity index (χ4v) is 3.40. The number of carbonyl (C=O) groups excluding carboxylic acids is 2. The van der Waals surface area contributed by atoms with E-state index in [4.69, 9.17) is 10.2 Å². The topological polar surface area (TPSA) is 218 Å². The van der Waals surface area contributed by atoms with Crippen molar-refractivity contribution in [2.24, 2.45) is 5.92 Å². The molecule has 1 rings (SSSR count). The molecule has 7 atom stereocenters. The number of hydrogen-bond donors (Lipinski definition) is 9. The molecule has 1 fully saturated rings. The van der Waals surface area contributed by atoms with Crippen LogP contribution < -0.4 is 16.0 Å². The summed E-state index contributed by atoms with van der Waals surface area (Å²) in [6.45, 7) is 0.337. The molecule has 1 heterocycles. The molecular weight excluding hydrogens is 480 g/mol. The van der Waals surface area contributed by atoms with Crippen molar-refractivity contribution >= 4 is 17.8 Å². The Kier molecular flexibility index (Phi) is 11.8. The van der Waals surface area contributed by atoms with Crippen LogP contribution in [0.25, 0.3) is 0 Å². The molecule has 0 aromatic heterocycles. The number of carboxylic acid groups (broad SMARTS) is 1. The van der Waals surface area contributed by atoms with E-state index >= 15 is 0 Å². The molecule has 0 spiro atoms. The predicted molar refractivity (Wildman–Crippen MR) is 114 cm³/mol. The second kappa shape index (κ2) is 13.3. The molecule has 1 unspecified atom stereocenters. The average Bonchev–Trinajstić information content (AvgIpc) is 2.79. The van der Waals surface area contributed by atoms with Crippen molar-refractivity contribution in [2.45, 2.75) is 75.3 Å². The second-order valence-corrected chi connectivity index (χ2v) is 8.58. The normalized spacial score (nSPS) is 28.7. The number of rotatable bonds is 14. The van der Waals surface area contributed by atoms with Gasteiger partial charge in [-0.2, -0.15) is 8.78 Å². The Morgan fingerprint density at radius 1 is 1.09 bits per heavy atom. The molecule has 0 aromatic rings. The van der Waals surface area contributed by atoms with E-state index in [9.17, 15) is 43.6 Å². The van der Waals surface area contributed by atoms with E-state index in [-0.39, 0.29) is 6.54 Å². The van der Waals surface area contributed by atoms with E-state index in [1.54, 1.807) is 6.92 Å². The number of amides is 2. The van der Waals surface area contributed by atoms with Gasteiger partial charge in [0.25, 0.3) is 5.79 Å². The van der Waals surface area contributed by atoms with Crippen LogP contribution in [0.15, 0.2) is 0 Å². The lowest BCUT2D eigenvalue weighted by Crippen LogP contribution is -2.72. The third-order valence-electron chi connectivity index (χ3n) is 5.69. The maximum Gasteiger partial charge on any atom is 0.322 e. The molecule has 2 amide bonds. The molecule has 204 valence electrons. The minimum absolute atomic E-state index is 0.0404. The van der Waals surface area contributed by atoms with Crippen molar-refractivity contribution in [3.05, 3.63) is 0 Å². The summed E-state index contributed by atoms with van der Waals surface area (Å²) in [5.41, 5.74) is 0. The highest BCUT2D eigenvalue weighted by atomic mass is 19.3. The quantitative estimate of drug-likeness (QED) is 0.105. The van der Waals surface area contributed by atoms with Crippen LogP contribution in [0, 0.1) is 5.92 Å². The van der Waals surface area contributed by atoms with Crippen LogP contribution >= 0.6 is 0 Å². The molecule has 0 saturated carbocycles. The van der Waals surface area contributed by atoms with Gasteiger partial charge in [0, 0.05) is 5.92 Å². The zero-order chi connectivity index (χ0) is 27.0. The highest BCUT2D eigenvalue weighted by molar-refractivity contribution is 5.89. The van der Waals surface area contributed by atoms with Crippen LogP contribution in [0.3, 0.4) is 0 Å². The molecule has 0 aliphatic carbocycles. The fraction of sp³-hybridized carbons (Fsp3) is 0.850. The lowest BCUT2D eigenvalue weighted by atomic mass is 9.88. The molecule has 0 aromatic carbocycles. The number of carboxylic acids is 1. The summed E-state index contributed by atoms with van der Waals surface area (Å²) in [6, 6.07) is -0.943. The molecule has 15 heteroatoms. The fourth-order valence-electron chi connectivity index (χ4n) is 3.40. The van der Waals surface area contributed by atoms with Gasteiger partial charge in [0.2, 0.25) is 11.8 Å². The van der Waals surface area contributed by atoms with Gasteiger partial charge in [-0.1, -0.05) is 13.3 Å². The van der Waals surface area contributed by atoms with Gasteiger partial charge in [0.15, 0.2) is 0 Å². The smallest absolute Gasteiger partial charge is 0.322 e. The number of alkyl halides is 2. The third kappa shape index (κ3) is 8.27. The van der Waals surface area contributed by atoms with Crippen LogP contribution in [0.2, 0.25) is 0 Å². The number of aliphatic hydroxyl groups excluding tert-OH is 4. The van der Waals surface area contributed by atoms with Crippen LogP contribution in [0.4, 0.5) is 8.78 Å². The number of aliphatic hydroxyl groups is 5. The van der Waals surface area contributed by atoms with Crippen molar-refractivity contribution in [3.8, 4) is 0 Å². The standard InChI is InChI=1S/C20H35F2N3O10/c1-10(17(32)25-11(2)18(33)24-7-13(27)28)5-3-4-6-23-9-19(21,22)20(34)16(31)15(30)14(29)12(8-26)35-20/h10-12,14-16,23,26,29-31,34H,3-9H2,1-2H3,(H,24,33)(H,25,32)(H,27,28)/t10-,11-,12+,14-,15-,16+,20?/m0/s1. The highest BCUT2D eigenvalue weighted by Crippen LogP contribution is 2.39. The molecule has 0 radical (unpaired) electrons. The number of unbranched alkanes of at least 4 members (excludes halogenated alkanes) is 1. The summed E-state index contributed by atoms with van der Waals surface area (Å²) in [7, 11) is 0. The first-order chi connectivity index (χ1) is 16.2. The highest BCUT2D eigenvalue weighted by Gasteiger charge is 2.65. The number of aliphatic carboxylic acids is 1. The van der Waals surface area contributed by atoms with Crippen LogP contribution in [-0.2, 0) is 19.1 Å². The molecule has 0 bridgehead atoms. The van der Waals surface area contributed by atoms with Gasteiger partial charge < -0.3 is 51.3 Å². The monoisotopic (exact) mass is 515 g/mol. The van der Waals surface area contributed by atoms with E-state index < -0.39 is 85.6 Å². The number of hydrogen-bond acceptors (Lipinski definition) is 10. The summed E-state index contributed by atoms with van der Waals surface area (Å²) in [6.07, 6.45) is -7.16. The molecule has 1 saturated heterocycles. The van der Waals surface area contributed by atoms with Crippen molar-refractivity contribution in [2.75, 3.05) is 26.2 Å². The SMILES string of the molecule is C[C@H](NC(=O)[C@@H](C)CCCCNCC(F)(F)C1(O)O[C@H](CO)[C@H](O)[C@H](O)[C@H]1O)C(=O)NCC(=O)O. The van der Waals surface area contributed by atoms with Crippen molar-refractivity contribution in [1.29, 1.82) is 0 Å². The maximum absolute atomic E-state index is 14.6. The Balaban J connectivity index is 2.41. The Bertz CT molecular complexity index is 729. The molecule has 35 heavy (non-hydrogen) atoms. The van der Waals surface area contributed by atoms with E-state index in [0.717, 1.165) is 0 Å². The lowest BCUT2D eigenvalue weighted by molar-refractivity contribution is -0.409. The van der Waals surface area contributed by atoms with Crippen LogP contribution in [0.1, 0.15) is 33.1 Å². The zero-order valence-corrected chi connectivity index (χ0v) is 19.5. The van der Waals surface area contributed by atoms with Gasteiger partial charge in [-0.05, 0) is 26.3 Å². The number of nitrogens with one attached hydrogen (secondary N) is 3. The molecule has 1 aliphatic heterocycles. The van der Waals surface area contributed by atoms with Gasteiger partial charge in [0.1, 0.15) is 37.0 Å². The Morgan fingerprint density at radius 3 is 2.29 bits per heavy atom. The Hall–Kier alpha value is -2.01. The van der Waals surface area contributed by atoms with Crippen molar-refractivity contribution in [1.82, 2.24) is 16.0 Å². The lowest BCUT2D eigenvalue weighted by Gasteiger charge is -2.48. The van der Waals surface area contributed by atoms with Gasteiger partial charge in [0.05, 0.1) is 13.2 Å². The summed E-state index contributed by atoms with van der Waals surface area (Å²) < 4.78 is 33.8. The summed E-state index contributed by atoms with van der Waals surface area (Å²) >= 11 is 0. The largest absolute Gasteiger partial charge is 0.480 e. The van der Waals surface area contributed by atoms with Crippen LogP contribution in [0.5, 0.6) is 0 Å². The summed E-state index contributed by atoms with van der Waals surface area (Å²) in [5, 5.41) is 64.1. The first kappa shape index (κ1) is 31.0. The summed E-state index contributed by atoms with van der Waals surface area (Å²) in [4.78, 5) is 34.3. The van der Waals surface area contributed by atoms with E-state index in [1.807, 2.05) is 0 Å². The van der Waals surface area contributed by atoms with E-state index in [2.05, 4.69) is 20.7 Å². The molecular formula is C20H35F2N3O10. The number of carbonyl (C=O) groups is 3. The predicted octanol–water partition coefficient (Wildman–Crippen LogP) is -3.11. The van der Waals surface area contributed by atoms with Crippen molar-refractivity contribution in [3.63, 3.8) is 0 Å². The van der Waals surface area contributed by atoms with E-state index in [0.29, 0.717) is 19.3 Å². The van der Waals surface area contributed by atoms with Gasteiger partial charge in [-0.15, -0.1) is 0 Å². The number of ether oxygens (including phenoxy) is 1. The Labute approximate surface area is 200 Å². The second-order valence-electron chi connectivity index (χ2n) is 8.58. The van der Waals surface area contributed by atoms with Gasteiger partial charge in [-0.25, -0.2) is 0 Å². The molecule has 9 N–H and O–H groups in total. The minimum Gasteiger partial charge on any atom is -0.480 e. The Morgan fingerprint density at radius 2 is 1.71 bits per heavy atom. The van der Waals surface area contributed by atoms with Gasteiger partial charge >= 0.3 is 11.9 Å². The first-order valence-electron chi connectivity index (χ1n) is 11.1. The first-order valence-corrected chi connectivity index (χ1v) is 11.1. The average molecular weight is 516 g/mol. The molecule has 13 nitrogen and oxygen atoms in total. The maximum atomic E-state index is 14.6.